The van der Waals surface area contributed by atoms with Crippen LogP contribution in [0.25, 0.3) is 0 Å². The second-order valence-corrected chi connectivity index (χ2v) is 5.71. The van der Waals surface area contributed by atoms with E-state index in [2.05, 4.69) is 23.7 Å². The number of nitrogens with two attached hydrogens (primary N) is 1. The second kappa shape index (κ2) is 4.84. The summed E-state index contributed by atoms with van der Waals surface area (Å²) < 4.78 is 5.20. The minimum atomic E-state index is 0.167. The van der Waals surface area contributed by atoms with Gasteiger partial charge >= 0.3 is 0 Å². The van der Waals surface area contributed by atoms with Crippen LogP contribution in [0.2, 0.25) is 0 Å². The summed E-state index contributed by atoms with van der Waals surface area (Å²) in [6.07, 6.45) is 3.83. The summed E-state index contributed by atoms with van der Waals surface area (Å²) >= 11 is 0. The van der Waals surface area contributed by atoms with E-state index in [1.807, 2.05) is 0 Å². The largest absolute Gasteiger partial charge is 0.383 e. The zero-order valence-electron chi connectivity index (χ0n) is 11.3. The van der Waals surface area contributed by atoms with Crippen LogP contribution in [0.3, 0.4) is 0 Å². The summed E-state index contributed by atoms with van der Waals surface area (Å²) in [5.41, 5.74) is 6.22. The molecule has 98 valence electrons. The molecule has 4 nitrogen and oxygen atoms in total. The predicted molar refractivity (Wildman–Crippen MR) is 70.0 cm³/mol. The van der Waals surface area contributed by atoms with Crippen molar-refractivity contribution in [3.05, 3.63) is 0 Å². The number of ether oxygens (including phenoxy) is 1. The first-order valence-corrected chi connectivity index (χ1v) is 6.66. The number of aliphatic imine (C=N–C) groups is 1. The first kappa shape index (κ1) is 12.7. The quantitative estimate of drug-likeness (QED) is 0.811. The third kappa shape index (κ3) is 2.15. The Balaban J connectivity index is 2.16. The zero-order chi connectivity index (χ0) is 12.5. The Morgan fingerprint density at radius 3 is 2.94 bits per heavy atom. The van der Waals surface area contributed by atoms with Crippen molar-refractivity contribution in [3.63, 3.8) is 0 Å². The Labute approximate surface area is 104 Å². The lowest BCUT2D eigenvalue weighted by Crippen LogP contribution is -2.58. The van der Waals surface area contributed by atoms with Gasteiger partial charge in [-0.3, -0.25) is 4.99 Å². The molecule has 0 bridgehead atoms. The number of rotatable bonds is 3. The first-order valence-electron chi connectivity index (χ1n) is 6.66. The maximum Gasteiger partial charge on any atom is 0.191 e. The SMILES string of the molecule is COCCN1C(N)=NCC12CC(C)CCC2C. The molecule has 3 atom stereocenters. The third-order valence-corrected chi connectivity index (χ3v) is 4.56. The van der Waals surface area contributed by atoms with E-state index in [9.17, 15) is 0 Å². The van der Waals surface area contributed by atoms with E-state index < -0.39 is 0 Å². The summed E-state index contributed by atoms with van der Waals surface area (Å²) in [7, 11) is 1.74. The molecule has 4 heteroatoms. The maximum absolute atomic E-state index is 6.05. The highest BCUT2D eigenvalue weighted by atomic mass is 16.5. The van der Waals surface area contributed by atoms with Crippen LogP contribution in [0.4, 0.5) is 0 Å². The molecule has 1 saturated carbocycles. The molecular weight excluding hydrogens is 214 g/mol. The first-order chi connectivity index (χ1) is 8.10. The van der Waals surface area contributed by atoms with Gasteiger partial charge < -0.3 is 15.4 Å². The highest BCUT2D eigenvalue weighted by Crippen LogP contribution is 2.43. The molecule has 2 N–H and O–H groups in total. The van der Waals surface area contributed by atoms with Gasteiger partial charge in [0.05, 0.1) is 18.7 Å². The summed E-state index contributed by atoms with van der Waals surface area (Å²) in [5, 5.41) is 0. The molecule has 1 fully saturated rings. The van der Waals surface area contributed by atoms with Gasteiger partial charge in [0.2, 0.25) is 0 Å². The molecule has 0 aromatic heterocycles. The zero-order valence-corrected chi connectivity index (χ0v) is 11.3. The molecule has 0 amide bonds. The second-order valence-electron chi connectivity index (χ2n) is 5.71. The maximum atomic E-state index is 6.05. The lowest BCUT2D eigenvalue weighted by molar-refractivity contribution is 0.0422. The minimum Gasteiger partial charge on any atom is -0.383 e. The standard InChI is InChI=1S/C13H25N3O/c1-10-4-5-11(2)13(8-10)9-15-12(14)16(13)6-7-17-3/h10-11H,4-9H2,1-3H3,(H2,14,15). The van der Waals surface area contributed by atoms with Gasteiger partial charge in [0.15, 0.2) is 5.96 Å². The van der Waals surface area contributed by atoms with Crippen LogP contribution in [0.5, 0.6) is 0 Å². The Kier molecular flexibility index (Phi) is 3.61. The van der Waals surface area contributed by atoms with E-state index in [4.69, 9.17) is 10.5 Å². The van der Waals surface area contributed by atoms with Gasteiger partial charge in [0, 0.05) is 13.7 Å². The van der Waals surface area contributed by atoms with Crippen LogP contribution in [0.15, 0.2) is 4.99 Å². The topological polar surface area (TPSA) is 50.9 Å². The monoisotopic (exact) mass is 239 g/mol. The molecule has 2 rings (SSSR count). The molecule has 0 radical (unpaired) electrons. The summed E-state index contributed by atoms with van der Waals surface area (Å²) in [6, 6.07) is 0. The average molecular weight is 239 g/mol. The van der Waals surface area contributed by atoms with Crippen molar-refractivity contribution in [2.75, 3.05) is 26.8 Å². The number of nitrogens with zero attached hydrogens (tertiary/aromatic N) is 2. The number of guanidine groups is 1. The minimum absolute atomic E-state index is 0.167. The fourth-order valence-corrected chi connectivity index (χ4v) is 3.44. The van der Waals surface area contributed by atoms with Crippen molar-refractivity contribution in [3.8, 4) is 0 Å². The molecule has 17 heavy (non-hydrogen) atoms. The number of hydrogen-bond acceptors (Lipinski definition) is 4. The summed E-state index contributed by atoms with van der Waals surface area (Å²) in [5.74, 6) is 2.15. The highest BCUT2D eigenvalue weighted by Gasteiger charge is 2.48. The van der Waals surface area contributed by atoms with Gasteiger partial charge in [0.1, 0.15) is 0 Å². The van der Waals surface area contributed by atoms with Gasteiger partial charge in [-0.05, 0) is 24.7 Å². The molecule has 1 aliphatic carbocycles. The molecular formula is C13H25N3O. The number of methoxy groups -OCH3 is 1. The van der Waals surface area contributed by atoms with Crippen LogP contribution in [-0.2, 0) is 4.74 Å². The molecule has 1 aliphatic heterocycles. The van der Waals surface area contributed by atoms with E-state index in [1.165, 1.54) is 19.3 Å². The van der Waals surface area contributed by atoms with Crippen molar-refractivity contribution < 1.29 is 4.74 Å². The van der Waals surface area contributed by atoms with Crippen LogP contribution in [0, 0.1) is 11.8 Å². The Morgan fingerprint density at radius 1 is 1.47 bits per heavy atom. The van der Waals surface area contributed by atoms with Crippen LogP contribution in [0.1, 0.15) is 33.1 Å². The van der Waals surface area contributed by atoms with Gasteiger partial charge in [-0.15, -0.1) is 0 Å². The Morgan fingerprint density at radius 2 is 2.24 bits per heavy atom. The Hall–Kier alpha value is -0.770. The van der Waals surface area contributed by atoms with Crippen LogP contribution in [-0.4, -0.2) is 43.2 Å². The van der Waals surface area contributed by atoms with Crippen molar-refractivity contribution in [2.45, 2.75) is 38.6 Å². The van der Waals surface area contributed by atoms with Gasteiger partial charge in [-0.1, -0.05) is 20.3 Å². The highest BCUT2D eigenvalue weighted by molar-refractivity contribution is 5.81. The predicted octanol–water partition coefficient (Wildman–Crippen LogP) is 1.46. The molecule has 0 aromatic carbocycles. The van der Waals surface area contributed by atoms with E-state index >= 15 is 0 Å². The molecule has 1 spiro atoms. The van der Waals surface area contributed by atoms with Crippen molar-refractivity contribution in [1.82, 2.24) is 4.90 Å². The van der Waals surface area contributed by atoms with E-state index in [-0.39, 0.29) is 5.54 Å². The lowest BCUT2D eigenvalue weighted by atomic mass is 9.69. The van der Waals surface area contributed by atoms with Gasteiger partial charge in [-0.2, -0.15) is 0 Å². The van der Waals surface area contributed by atoms with Crippen LogP contribution < -0.4 is 5.73 Å². The number of hydrogen-bond donors (Lipinski definition) is 1. The molecule has 0 aromatic rings. The summed E-state index contributed by atoms with van der Waals surface area (Å²) in [4.78, 5) is 6.80. The molecule has 3 unspecified atom stereocenters. The smallest absolute Gasteiger partial charge is 0.191 e. The Bertz CT molecular complexity index is 305. The molecule has 1 heterocycles. The lowest BCUT2D eigenvalue weighted by Gasteiger charge is -2.48. The van der Waals surface area contributed by atoms with Gasteiger partial charge in [0.25, 0.3) is 0 Å². The average Bonchev–Trinajstić information content (AvgIpc) is 2.60. The molecule has 0 saturated heterocycles. The van der Waals surface area contributed by atoms with Gasteiger partial charge in [-0.25, -0.2) is 0 Å². The molecule has 2 aliphatic rings. The van der Waals surface area contributed by atoms with Crippen LogP contribution >= 0.6 is 0 Å². The van der Waals surface area contributed by atoms with Crippen molar-refractivity contribution >= 4 is 5.96 Å². The fraction of sp³-hybridized carbons (Fsp3) is 0.923. The van der Waals surface area contributed by atoms with Crippen molar-refractivity contribution in [2.24, 2.45) is 22.6 Å². The third-order valence-electron chi connectivity index (χ3n) is 4.56. The normalized spacial score (nSPS) is 37.6. The fourth-order valence-electron chi connectivity index (χ4n) is 3.44. The van der Waals surface area contributed by atoms with E-state index in [0.29, 0.717) is 11.9 Å². The van der Waals surface area contributed by atoms with Crippen molar-refractivity contribution in [1.29, 1.82) is 0 Å². The van der Waals surface area contributed by atoms with E-state index in [0.717, 1.165) is 25.6 Å². The van der Waals surface area contributed by atoms with E-state index in [1.54, 1.807) is 7.11 Å². The summed E-state index contributed by atoms with van der Waals surface area (Å²) in [6.45, 7) is 7.15.